The second-order valence-corrected chi connectivity index (χ2v) is 7.07. The summed E-state index contributed by atoms with van der Waals surface area (Å²) in [6.45, 7) is 2.52. The van der Waals surface area contributed by atoms with Gasteiger partial charge in [0.25, 0.3) is 0 Å². The Morgan fingerprint density at radius 1 is 0.893 bits per heavy atom. The Hall–Kier alpha value is -3.33. The van der Waals surface area contributed by atoms with Crippen molar-refractivity contribution < 1.29 is 9.53 Å². The van der Waals surface area contributed by atoms with Crippen LogP contribution in [-0.2, 0) is 17.8 Å². The number of carbonyl (C=O) groups excluding carboxylic acids is 1. The molecule has 0 aliphatic rings. The SMILES string of the molecule is CC(C(=O)Cc1ccc(OCc2ccccc2)cc1)c1c[nH]c2ccccc12. The predicted molar refractivity (Wildman–Crippen MR) is 113 cm³/mol. The number of fused-ring (bicyclic) bond motifs is 1. The van der Waals surface area contributed by atoms with Crippen LogP contribution in [0.5, 0.6) is 5.75 Å². The molecule has 140 valence electrons. The van der Waals surface area contributed by atoms with Gasteiger partial charge in [0.15, 0.2) is 0 Å². The van der Waals surface area contributed by atoms with Crippen molar-refractivity contribution in [2.45, 2.75) is 25.9 Å². The molecular formula is C25H23NO2. The zero-order valence-corrected chi connectivity index (χ0v) is 15.9. The first-order valence-corrected chi connectivity index (χ1v) is 9.55. The fraction of sp³-hybridized carbons (Fsp3) is 0.160. The van der Waals surface area contributed by atoms with Crippen LogP contribution in [0.4, 0.5) is 0 Å². The third-order valence-electron chi connectivity index (χ3n) is 5.12. The fourth-order valence-corrected chi connectivity index (χ4v) is 3.42. The minimum atomic E-state index is -0.148. The Labute approximate surface area is 165 Å². The van der Waals surface area contributed by atoms with Gasteiger partial charge >= 0.3 is 0 Å². The number of para-hydroxylation sites is 1. The lowest BCUT2D eigenvalue weighted by Gasteiger charge is -2.11. The zero-order chi connectivity index (χ0) is 19.3. The van der Waals surface area contributed by atoms with Gasteiger partial charge in [0.2, 0.25) is 0 Å². The maximum Gasteiger partial charge on any atom is 0.144 e. The molecule has 0 amide bonds. The fourth-order valence-electron chi connectivity index (χ4n) is 3.42. The van der Waals surface area contributed by atoms with Gasteiger partial charge in [-0.3, -0.25) is 4.79 Å². The van der Waals surface area contributed by atoms with Crippen LogP contribution < -0.4 is 4.74 Å². The third kappa shape index (κ3) is 3.99. The molecule has 4 aromatic rings. The van der Waals surface area contributed by atoms with Gasteiger partial charge in [-0.1, -0.05) is 67.6 Å². The molecule has 4 rings (SSSR count). The minimum Gasteiger partial charge on any atom is -0.489 e. The van der Waals surface area contributed by atoms with Crippen molar-refractivity contribution in [2.75, 3.05) is 0 Å². The highest BCUT2D eigenvalue weighted by atomic mass is 16.5. The second kappa shape index (κ2) is 8.13. The average Bonchev–Trinajstić information content (AvgIpc) is 3.17. The summed E-state index contributed by atoms with van der Waals surface area (Å²) in [4.78, 5) is 16.1. The predicted octanol–water partition coefficient (Wildman–Crippen LogP) is 5.66. The van der Waals surface area contributed by atoms with Gasteiger partial charge in [0.1, 0.15) is 18.1 Å². The number of ketones is 1. The van der Waals surface area contributed by atoms with Gasteiger partial charge in [-0.2, -0.15) is 0 Å². The van der Waals surface area contributed by atoms with E-state index in [1.807, 2.05) is 85.9 Å². The number of hydrogen-bond donors (Lipinski definition) is 1. The van der Waals surface area contributed by atoms with Crippen molar-refractivity contribution in [2.24, 2.45) is 0 Å². The lowest BCUT2D eigenvalue weighted by molar-refractivity contribution is -0.119. The highest BCUT2D eigenvalue weighted by molar-refractivity contribution is 5.93. The van der Waals surface area contributed by atoms with Crippen LogP contribution in [0.25, 0.3) is 10.9 Å². The van der Waals surface area contributed by atoms with E-state index >= 15 is 0 Å². The molecule has 0 radical (unpaired) electrons. The van der Waals surface area contributed by atoms with Crippen LogP contribution in [0.1, 0.15) is 29.5 Å². The monoisotopic (exact) mass is 369 g/mol. The van der Waals surface area contributed by atoms with Gasteiger partial charge in [0.05, 0.1) is 0 Å². The van der Waals surface area contributed by atoms with Crippen molar-refractivity contribution in [1.82, 2.24) is 4.98 Å². The number of hydrogen-bond acceptors (Lipinski definition) is 2. The average molecular weight is 369 g/mol. The molecule has 3 heteroatoms. The van der Waals surface area contributed by atoms with Gasteiger partial charge < -0.3 is 9.72 Å². The van der Waals surface area contributed by atoms with Crippen molar-refractivity contribution >= 4 is 16.7 Å². The third-order valence-corrected chi connectivity index (χ3v) is 5.12. The van der Waals surface area contributed by atoms with E-state index in [1.165, 1.54) is 0 Å². The minimum absolute atomic E-state index is 0.148. The van der Waals surface area contributed by atoms with E-state index in [0.29, 0.717) is 13.0 Å². The molecule has 1 atom stereocenters. The highest BCUT2D eigenvalue weighted by Crippen LogP contribution is 2.27. The van der Waals surface area contributed by atoms with Crippen LogP contribution in [0, 0.1) is 0 Å². The van der Waals surface area contributed by atoms with E-state index in [9.17, 15) is 4.79 Å². The molecule has 0 fully saturated rings. The maximum atomic E-state index is 12.8. The number of ether oxygens (including phenoxy) is 1. The van der Waals surface area contributed by atoms with Gasteiger partial charge in [-0.15, -0.1) is 0 Å². The second-order valence-electron chi connectivity index (χ2n) is 7.07. The first-order valence-electron chi connectivity index (χ1n) is 9.55. The molecule has 3 aromatic carbocycles. The van der Waals surface area contributed by atoms with Crippen LogP contribution in [0.2, 0.25) is 0 Å². The van der Waals surface area contributed by atoms with Gasteiger partial charge in [-0.25, -0.2) is 0 Å². The number of Topliss-reactive ketones (excluding diaryl/α,β-unsaturated/α-hetero) is 1. The molecule has 1 unspecified atom stereocenters. The molecule has 0 saturated heterocycles. The van der Waals surface area contributed by atoms with Crippen molar-refractivity contribution in [3.63, 3.8) is 0 Å². The molecule has 0 spiro atoms. The summed E-state index contributed by atoms with van der Waals surface area (Å²) >= 11 is 0. The zero-order valence-electron chi connectivity index (χ0n) is 15.9. The molecule has 1 heterocycles. The van der Waals surface area contributed by atoms with Gasteiger partial charge in [-0.05, 0) is 34.9 Å². The molecule has 3 nitrogen and oxygen atoms in total. The van der Waals surface area contributed by atoms with Crippen molar-refractivity contribution in [3.05, 3.63) is 102 Å². The normalized spacial score (nSPS) is 12.0. The Balaban J connectivity index is 1.39. The van der Waals surface area contributed by atoms with E-state index < -0.39 is 0 Å². The Morgan fingerprint density at radius 3 is 2.39 bits per heavy atom. The quantitative estimate of drug-likeness (QED) is 0.456. The van der Waals surface area contributed by atoms with E-state index in [4.69, 9.17) is 4.74 Å². The first-order chi connectivity index (χ1) is 13.7. The molecule has 1 aromatic heterocycles. The first kappa shape index (κ1) is 18.1. The largest absolute Gasteiger partial charge is 0.489 e. The molecule has 1 N–H and O–H groups in total. The number of H-pyrrole nitrogens is 1. The summed E-state index contributed by atoms with van der Waals surface area (Å²) in [6.07, 6.45) is 2.37. The number of benzene rings is 3. The number of aromatic nitrogens is 1. The molecule has 0 saturated carbocycles. The summed E-state index contributed by atoms with van der Waals surface area (Å²) in [5.41, 5.74) is 4.26. The lowest BCUT2D eigenvalue weighted by atomic mass is 9.92. The summed E-state index contributed by atoms with van der Waals surface area (Å²) in [7, 11) is 0. The smallest absolute Gasteiger partial charge is 0.144 e. The van der Waals surface area contributed by atoms with Crippen molar-refractivity contribution in [3.8, 4) is 5.75 Å². The summed E-state index contributed by atoms with van der Waals surface area (Å²) in [5, 5.41) is 1.12. The Morgan fingerprint density at radius 2 is 1.61 bits per heavy atom. The summed E-state index contributed by atoms with van der Waals surface area (Å²) in [5.74, 6) is 0.873. The summed E-state index contributed by atoms with van der Waals surface area (Å²) in [6, 6.07) is 26.0. The molecule has 0 aliphatic carbocycles. The van der Waals surface area contributed by atoms with Crippen LogP contribution >= 0.6 is 0 Å². The summed E-state index contributed by atoms with van der Waals surface area (Å²) < 4.78 is 5.82. The van der Waals surface area contributed by atoms with E-state index in [-0.39, 0.29) is 11.7 Å². The number of aromatic amines is 1. The highest BCUT2D eigenvalue weighted by Gasteiger charge is 2.18. The van der Waals surface area contributed by atoms with E-state index in [1.54, 1.807) is 0 Å². The van der Waals surface area contributed by atoms with Gasteiger partial charge in [0, 0.05) is 29.4 Å². The topological polar surface area (TPSA) is 42.1 Å². The molecule has 28 heavy (non-hydrogen) atoms. The van der Waals surface area contributed by atoms with Crippen molar-refractivity contribution in [1.29, 1.82) is 0 Å². The molecule has 0 bridgehead atoms. The van der Waals surface area contributed by atoms with Crippen LogP contribution in [0.3, 0.4) is 0 Å². The molecular weight excluding hydrogens is 346 g/mol. The van der Waals surface area contributed by atoms with E-state index in [0.717, 1.165) is 33.3 Å². The standard InChI is InChI=1S/C25H23NO2/c1-18(23-16-26-24-10-6-5-9-22(23)24)25(27)15-19-11-13-21(14-12-19)28-17-20-7-3-2-4-8-20/h2-14,16,18,26H,15,17H2,1H3. The number of nitrogens with one attached hydrogen (secondary N) is 1. The lowest BCUT2D eigenvalue weighted by Crippen LogP contribution is -2.11. The van der Waals surface area contributed by atoms with Crippen LogP contribution in [-0.4, -0.2) is 10.8 Å². The van der Waals surface area contributed by atoms with Crippen LogP contribution in [0.15, 0.2) is 85.1 Å². The van der Waals surface area contributed by atoms with E-state index in [2.05, 4.69) is 11.1 Å². The maximum absolute atomic E-state index is 12.8. The number of carbonyl (C=O) groups is 1. The Bertz CT molecular complexity index is 1060. The number of rotatable bonds is 7. The Kier molecular flexibility index (Phi) is 5.24. The molecule has 0 aliphatic heterocycles.